The van der Waals surface area contributed by atoms with Gasteiger partial charge in [-0.3, -0.25) is 9.36 Å². The van der Waals surface area contributed by atoms with Crippen LogP contribution >= 0.6 is 11.6 Å². The van der Waals surface area contributed by atoms with Crippen molar-refractivity contribution in [2.45, 2.75) is 6.54 Å². The molecule has 0 spiro atoms. The van der Waals surface area contributed by atoms with Crippen LogP contribution in [0.5, 0.6) is 0 Å². The van der Waals surface area contributed by atoms with E-state index in [1.807, 2.05) is 0 Å². The molecule has 0 saturated carbocycles. The third kappa shape index (κ3) is 1.41. The number of nitrogens with zero attached hydrogens (tertiary/aromatic N) is 2. The zero-order chi connectivity index (χ0) is 9.14. The molecule has 0 amide bonds. The molecule has 12 heavy (non-hydrogen) atoms. The summed E-state index contributed by atoms with van der Waals surface area (Å²) >= 11 is 5.48. The van der Waals surface area contributed by atoms with Crippen molar-refractivity contribution in [1.82, 2.24) is 9.55 Å². The average Bonchev–Trinajstić information content (AvgIpc) is 2.07. The third-order valence-corrected chi connectivity index (χ3v) is 1.59. The first-order chi connectivity index (χ1) is 5.66. The van der Waals surface area contributed by atoms with Gasteiger partial charge in [0.2, 0.25) is 0 Å². The number of nitrogens with two attached hydrogens (primary N) is 1. The van der Waals surface area contributed by atoms with E-state index in [9.17, 15) is 4.79 Å². The highest BCUT2D eigenvalue weighted by Gasteiger charge is 2.03. The number of halogens is 1. The zero-order valence-electron chi connectivity index (χ0n) is 6.12. The lowest BCUT2D eigenvalue weighted by Gasteiger charge is -2.01. The fourth-order valence-corrected chi connectivity index (χ4v) is 0.821. The Hall–Kier alpha value is -1.47. The Balaban J connectivity index is 3.29. The van der Waals surface area contributed by atoms with Gasteiger partial charge in [-0.1, -0.05) is 17.5 Å². The van der Waals surface area contributed by atoms with Gasteiger partial charge >= 0.3 is 0 Å². The minimum atomic E-state index is -0.409. The zero-order valence-corrected chi connectivity index (χ0v) is 6.88. The molecule has 5 heteroatoms. The van der Waals surface area contributed by atoms with Crippen LogP contribution in [-0.4, -0.2) is 9.55 Å². The third-order valence-electron chi connectivity index (χ3n) is 1.29. The SMILES string of the molecule is C#CCn1cnc(Cl)c(N)c1=O. The van der Waals surface area contributed by atoms with Crippen molar-refractivity contribution < 1.29 is 0 Å². The standard InChI is InChI=1S/C7H6ClN3O/c1-2-3-11-4-10-6(8)5(9)7(11)12/h1,4H,3,9H2. The van der Waals surface area contributed by atoms with Crippen molar-refractivity contribution in [2.24, 2.45) is 0 Å². The van der Waals surface area contributed by atoms with Crippen LogP contribution in [0.4, 0.5) is 5.69 Å². The molecule has 0 aliphatic heterocycles. The molecule has 1 aromatic heterocycles. The number of hydrogen-bond donors (Lipinski definition) is 1. The van der Waals surface area contributed by atoms with Gasteiger partial charge in [-0.05, 0) is 0 Å². The Morgan fingerprint density at radius 1 is 1.83 bits per heavy atom. The van der Waals surface area contributed by atoms with Crippen LogP contribution in [-0.2, 0) is 6.54 Å². The lowest BCUT2D eigenvalue weighted by molar-refractivity contribution is 0.772. The van der Waals surface area contributed by atoms with Gasteiger partial charge in [-0.25, -0.2) is 4.98 Å². The number of nitrogen functional groups attached to an aromatic ring is 1. The largest absolute Gasteiger partial charge is 0.392 e. The van der Waals surface area contributed by atoms with Crippen LogP contribution in [0.15, 0.2) is 11.1 Å². The molecule has 1 heterocycles. The quantitative estimate of drug-likeness (QED) is 0.497. The van der Waals surface area contributed by atoms with Gasteiger partial charge in [0.15, 0.2) is 5.15 Å². The van der Waals surface area contributed by atoms with E-state index in [1.165, 1.54) is 10.9 Å². The molecule has 0 aromatic carbocycles. The fraction of sp³-hybridized carbons (Fsp3) is 0.143. The highest BCUT2D eigenvalue weighted by Crippen LogP contribution is 2.07. The number of rotatable bonds is 1. The van der Waals surface area contributed by atoms with Gasteiger partial charge in [0, 0.05) is 0 Å². The van der Waals surface area contributed by atoms with Crippen LogP contribution in [0.2, 0.25) is 5.15 Å². The summed E-state index contributed by atoms with van der Waals surface area (Å²) in [6.07, 6.45) is 6.27. The monoisotopic (exact) mass is 183 g/mol. The molecule has 0 unspecified atom stereocenters. The van der Waals surface area contributed by atoms with E-state index in [0.29, 0.717) is 0 Å². The predicted molar refractivity (Wildman–Crippen MR) is 46.8 cm³/mol. The molecule has 0 aliphatic carbocycles. The van der Waals surface area contributed by atoms with Gasteiger partial charge in [0.25, 0.3) is 5.56 Å². The maximum atomic E-state index is 11.2. The second-order valence-electron chi connectivity index (χ2n) is 2.09. The van der Waals surface area contributed by atoms with E-state index in [2.05, 4.69) is 10.9 Å². The van der Waals surface area contributed by atoms with Crippen LogP contribution < -0.4 is 11.3 Å². The lowest BCUT2D eigenvalue weighted by Crippen LogP contribution is -2.23. The van der Waals surface area contributed by atoms with Crippen molar-refractivity contribution in [3.63, 3.8) is 0 Å². The maximum Gasteiger partial charge on any atom is 0.278 e. The van der Waals surface area contributed by atoms with E-state index < -0.39 is 5.56 Å². The molecule has 62 valence electrons. The van der Waals surface area contributed by atoms with Gasteiger partial charge in [0.05, 0.1) is 6.54 Å². The maximum absolute atomic E-state index is 11.2. The number of anilines is 1. The molecule has 1 aromatic rings. The first-order valence-electron chi connectivity index (χ1n) is 3.10. The molecule has 0 bridgehead atoms. The molecule has 0 radical (unpaired) electrons. The van der Waals surface area contributed by atoms with Gasteiger partial charge in [-0.2, -0.15) is 0 Å². The average molecular weight is 184 g/mol. The van der Waals surface area contributed by atoms with Gasteiger partial charge < -0.3 is 5.73 Å². The van der Waals surface area contributed by atoms with E-state index in [1.54, 1.807) is 0 Å². The van der Waals surface area contributed by atoms with Gasteiger partial charge in [-0.15, -0.1) is 6.42 Å². The Labute approximate surface area is 74.0 Å². The van der Waals surface area contributed by atoms with E-state index >= 15 is 0 Å². The van der Waals surface area contributed by atoms with Crippen LogP contribution in [0, 0.1) is 12.3 Å². The van der Waals surface area contributed by atoms with E-state index in [0.717, 1.165) is 0 Å². The molecule has 0 saturated heterocycles. The highest BCUT2D eigenvalue weighted by atomic mass is 35.5. The van der Waals surface area contributed by atoms with Crippen LogP contribution in [0.3, 0.4) is 0 Å². The molecule has 0 atom stereocenters. The lowest BCUT2D eigenvalue weighted by atomic mass is 10.5. The fourth-order valence-electron chi connectivity index (χ4n) is 0.696. The molecular formula is C7H6ClN3O. The number of hydrogen-bond acceptors (Lipinski definition) is 3. The van der Waals surface area contributed by atoms with E-state index in [-0.39, 0.29) is 17.4 Å². The Morgan fingerprint density at radius 3 is 3.08 bits per heavy atom. The van der Waals surface area contributed by atoms with Crippen molar-refractivity contribution >= 4 is 17.3 Å². The molecule has 4 nitrogen and oxygen atoms in total. The summed E-state index contributed by atoms with van der Waals surface area (Å²) in [7, 11) is 0. The van der Waals surface area contributed by atoms with E-state index in [4.69, 9.17) is 23.8 Å². The summed E-state index contributed by atoms with van der Waals surface area (Å²) in [5, 5.41) is 0.00766. The Morgan fingerprint density at radius 2 is 2.50 bits per heavy atom. The summed E-state index contributed by atoms with van der Waals surface area (Å²) < 4.78 is 1.21. The van der Waals surface area contributed by atoms with Gasteiger partial charge in [0.1, 0.15) is 12.0 Å². The summed E-state index contributed by atoms with van der Waals surface area (Å²) in [5.74, 6) is 2.30. The molecular weight excluding hydrogens is 178 g/mol. The molecule has 0 fully saturated rings. The smallest absolute Gasteiger partial charge is 0.278 e. The molecule has 0 aliphatic rings. The predicted octanol–water partition coefficient (Wildman–Crippen LogP) is 0.112. The van der Waals surface area contributed by atoms with Crippen LogP contribution in [0.1, 0.15) is 0 Å². The topological polar surface area (TPSA) is 60.9 Å². The van der Waals surface area contributed by atoms with Crippen molar-refractivity contribution in [3.8, 4) is 12.3 Å². The normalized spacial score (nSPS) is 9.33. The number of aromatic nitrogens is 2. The highest BCUT2D eigenvalue weighted by molar-refractivity contribution is 6.31. The minimum Gasteiger partial charge on any atom is -0.392 e. The summed E-state index contributed by atoms with van der Waals surface area (Å²) in [6.45, 7) is 0.146. The van der Waals surface area contributed by atoms with Crippen molar-refractivity contribution in [2.75, 3.05) is 5.73 Å². The Kier molecular flexibility index (Phi) is 2.36. The summed E-state index contributed by atoms with van der Waals surface area (Å²) in [6, 6.07) is 0. The number of terminal acetylenes is 1. The minimum absolute atomic E-state index is 0.00766. The first kappa shape index (κ1) is 8.62. The van der Waals surface area contributed by atoms with Crippen LogP contribution in [0.25, 0.3) is 0 Å². The van der Waals surface area contributed by atoms with Crippen molar-refractivity contribution in [1.29, 1.82) is 0 Å². The first-order valence-corrected chi connectivity index (χ1v) is 3.48. The molecule has 2 N–H and O–H groups in total. The van der Waals surface area contributed by atoms with Crippen molar-refractivity contribution in [3.05, 3.63) is 21.8 Å². The summed E-state index contributed by atoms with van der Waals surface area (Å²) in [5.41, 5.74) is 4.83. The second-order valence-corrected chi connectivity index (χ2v) is 2.44. The molecule has 1 rings (SSSR count). The Bertz CT molecular complexity index is 391. The summed E-state index contributed by atoms with van der Waals surface area (Å²) in [4.78, 5) is 14.9. The second kappa shape index (κ2) is 3.28.